The summed E-state index contributed by atoms with van der Waals surface area (Å²) in [6.07, 6.45) is 61.3. The molecule has 6 nitrogen and oxygen atoms in total. The van der Waals surface area contributed by atoms with Crippen LogP contribution in [0.2, 0.25) is 0 Å². The van der Waals surface area contributed by atoms with E-state index >= 15 is 0 Å². The summed E-state index contributed by atoms with van der Waals surface area (Å²) in [4.78, 5) is 38.0. The van der Waals surface area contributed by atoms with Crippen LogP contribution in [0.25, 0.3) is 0 Å². The molecule has 0 amide bonds. The van der Waals surface area contributed by atoms with E-state index in [-0.39, 0.29) is 31.1 Å². The molecule has 0 bridgehead atoms. The summed E-state index contributed by atoms with van der Waals surface area (Å²) in [5, 5.41) is 0. The lowest BCUT2D eigenvalue weighted by Gasteiger charge is -2.18. The second-order valence-electron chi connectivity index (χ2n) is 18.5. The predicted molar refractivity (Wildman–Crippen MR) is 270 cm³/mol. The lowest BCUT2D eigenvalue weighted by molar-refractivity contribution is -0.167. The second kappa shape index (κ2) is 52.3. The molecule has 0 radical (unpaired) electrons. The Bertz CT molecular complexity index is 1060. The standard InChI is InChI=1S/C57H104O6/c1-4-7-10-13-16-19-22-24-26-27-28-29-31-33-36-39-42-45-48-51-57(60)63-54(52-61-55(58)49-46-43-40-37-34-21-18-15-12-9-6-3)53-62-56(59)50-47-44-41-38-35-32-30-25-23-20-17-14-11-8-5-2/h15-16,18-19,24,26,54H,4-14,17,20-23,25,27-53H2,1-3H3/b18-15-,19-16-,26-24-/t54-/m1/s1. The van der Waals surface area contributed by atoms with Gasteiger partial charge >= 0.3 is 17.9 Å². The third-order valence-electron chi connectivity index (χ3n) is 12.1. The Kier molecular flexibility index (Phi) is 50.3. The van der Waals surface area contributed by atoms with Crippen molar-refractivity contribution in [2.75, 3.05) is 13.2 Å². The molecule has 6 heteroatoms. The molecule has 0 saturated carbocycles. The van der Waals surface area contributed by atoms with E-state index < -0.39 is 6.10 Å². The lowest BCUT2D eigenvalue weighted by Crippen LogP contribution is -2.30. The van der Waals surface area contributed by atoms with Gasteiger partial charge in [0.15, 0.2) is 6.10 Å². The molecule has 1 atom stereocenters. The Balaban J connectivity index is 4.32. The summed E-state index contributed by atoms with van der Waals surface area (Å²) in [5.41, 5.74) is 0. The van der Waals surface area contributed by atoms with E-state index in [9.17, 15) is 14.4 Å². The van der Waals surface area contributed by atoms with Gasteiger partial charge in [-0.1, -0.05) is 237 Å². The minimum atomic E-state index is -0.774. The van der Waals surface area contributed by atoms with Gasteiger partial charge < -0.3 is 14.2 Å². The highest BCUT2D eigenvalue weighted by molar-refractivity contribution is 5.71. The maximum Gasteiger partial charge on any atom is 0.306 e. The zero-order chi connectivity index (χ0) is 45.8. The van der Waals surface area contributed by atoms with E-state index in [1.165, 1.54) is 180 Å². The van der Waals surface area contributed by atoms with E-state index in [0.717, 1.165) is 70.6 Å². The summed E-state index contributed by atoms with van der Waals surface area (Å²) >= 11 is 0. The molecule has 63 heavy (non-hydrogen) atoms. The van der Waals surface area contributed by atoms with Crippen LogP contribution in [0.1, 0.15) is 290 Å². The molecule has 0 spiro atoms. The zero-order valence-electron chi connectivity index (χ0n) is 42.1. The third kappa shape index (κ3) is 50.5. The fraction of sp³-hybridized carbons (Fsp3) is 0.842. The van der Waals surface area contributed by atoms with Crippen LogP contribution in [-0.4, -0.2) is 37.2 Å². The van der Waals surface area contributed by atoms with Gasteiger partial charge in [-0.3, -0.25) is 14.4 Å². The van der Waals surface area contributed by atoms with Crippen LogP contribution in [0.15, 0.2) is 36.5 Å². The molecule has 0 aliphatic rings. The first kappa shape index (κ1) is 60.6. The number of hydrogen-bond donors (Lipinski definition) is 0. The van der Waals surface area contributed by atoms with Gasteiger partial charge in [-0.15, -0.1) is 0 Å². The zero-order valence-corrected chi connectivity index (χ0v) is 42.1. The highest BCUT2D eigenvalue weighted by Crippen LogP contribution is 2.16. The van der Waals surface area contributed by atoms with E-state index in [4.69, 9.17) is 14.2 Å². The number of carbonyl (C=O) groups is 3. The maximum absolute atomic E-state index is 12.8. The van der Waals surface area contributed by atoms with Gasteiger partial charge in [0.2, 0.25) is 0 Å². The van der Waals surface area contributed by atoms with Gasteiger partial charge in [-0.2, -0.15) is 0 Å². The van der Waals surface area contributed by atoms with Crippen molar-refractivity contribution in [3.05, 3.63) is 36.5 Å². The molecule has 0 unspecified atom stereocenters. The van der Waals surface area contributed by atoms with Gasteiger partial charge in [0, 0.05) is 19.3 Å². The van der Waals surface area contributed by atoms with Crippen LogP contribution in [-0.2, 0) is 28.6 Å². The van der Waals surface area contributed by atoms with Crippen LogP contribution in [0.3, 0.4) is 0 Å². The highest BCUT2D eigenvalue weighted by atomic mass is 16.6. The fourth-order valence-corrected chi connectivity index (χ4v) is 7.93. The quantitative estimate of drug-likeness (QED) is 0.0262. The number of rotatable bonds is 50. The van der Waals surface area contributed by atoms with E-state index in [2.05, 4.69) is 57.2 Å². The van der Waals surface area contributed by atoms with E-state index in [1.807, 2.05) is 0 Å². The van der Waals surface area contributed by atoms with Crippen LogP contribution in [0.4, 0.5) is 0 Å². The molecular formula is C57H104O6. The first-order valence-corrected chi connectivity index (χ1v) is 27.5. The molecular weight excluding hydrogens is 781 g/mol. The summed E-state index contributed by atoms with van der Waals surface area (Å²) in [5.74, 6) is -0.874. The van der Waals surface area contributed by atoms with Crippen molar-refractivity contribution in [2.24, 2.45) is 0 Å². The molecule has 0 aliphatic heterocycles. The molecule has 368 valence electrons. The number of esters is 3. The number of unbranched alkanes of at least 4 members (excludes halogenated alkanes) is 33. The summed E-state index contributed by atoms with van der Waals surface area (Å²) in [7, 11) is 0. The summed E-state index contributed by atoms with van der Waals surface area (Å²) < 4.78 is 16.8. The molecule has 0 fully saturated rings. The molecule has 0 heterocycles. The van der Waals surface area contributed by atoms with Gasteiger partial charge in [0.25, 0.3) is 0 Å². The highest BCUT2D eigenvalue weighted by Gasteiger charge is 2.19. The van der Waals surface area contributed by atoms with Gasteiger partial charge in [-0.05, 0) is 70.6 Å². The predicted octanol–water partition coefficient (Wildman–Crippen LogP) is 18.1. The Hall–Kier alpha value is -2.37. The van der Waals surface area contributed by atoms with Crippen molar-refractivity contribution in [3.63, 3.8) is 0 Å². The SMILES string of the molecule is CCCC/C=C\CCCCCCCC(=O)OC[C@H](COC(=O)CCCCCCCCCCCCCCCCC)OC(=O)CCCCCCCCCCC/C=C\C/C=C\CCCCC. The van der Waals surface area contributed by atoms with Crippen molar-refractivity contribution in [2.45, 2.75) is 297 Å². The monoisotopic (exact) mass is 885 g/mol. The van der Waals surface area contributed by atoms with Crippen molar-refractivity contribution >= 4 is 17.9 Å². The fourth-order valence-electron chi connectivity index (χ4n) is 7.93. The topological polar surface area (TPSA) is 78.9 Å². The first-order valence-electron chi connectivity index (χ1n) is 27.5. The molecule has 0 aliphatic carbocycles. The Morgan fingerprint density at radius 3 is 0.968 bits per heavy atom. The summed E-state index contributed by atoms with van der Waals surface area (Å²) in [6.45, 7) is 6.60. The normalized spacial score (nSPS) is 12.2. The Morgan fingerprint density at radius 2 is 0.587 bits per heavy atom. The molecule has 0 rings (SSSR count). The number of carbonyl (C=O) groups excluding carboxylic acids is 3. The smallest absolute Gasteiger partial charge is 0.306 e. The maximum atomic E-state index is 12.8. The van der Waals surface area contributed by atoms with E-state index in [1.54, 1.807) is 0 Å². The average molecular weight is 885 g/mol. The van der Waals surface area contributed by atoms with E-state index in [0.29, 0.717) is 19.3 Å². The first-order chi connectivity index (χ1) is 31.0. The van der Waals surface area contributed by atoms with Crippen molar-refractivity contribution < 1.29 is 28.6 Å². The lowest BCUT2D eigenvalue weighted by atomic mass is 10.0. The second-order valence-corrected chi connectivity index (χ2v) is 18.5. The molecule has 0 aromatic rings. The van der Waals surface area contributed by atoms with Gasteiger partial charge in [0.05, 0.1) is 0 Å². The van der Waals surface area contributed by atoms with Crippen molar-refractivity contribution in [3.8, 4) is 0 Å². The van der Waals surface area contributed by atoms with Crippen molar-refractivity contribution in [1.82, 2.24) is 0 Å². The number of hydrogen-bond acceptors (Lipinski definition) is 6. The third-order valence-corrected chi connectivity index (χ3v) is 12.1. The Labute approximate surface area is 391 Å². The molecule has 0 aromatic heterocycles. The molecule has 0 N–H and O–H groups in total. The van der Waals surface area contributed by atoms with Crippen LogP contribution < -0.4 is 0 Å². The summed E-state index contributed by atoms with van der Waals surface area (Å²) in [6, 6.07) is 0. The largest absolute Gasteiger partial charge is 0.462 e. The van der Waals surface area contributed by atoms with Gasteiger partial charge in [-0.25, -0.2) is 0 Å². The molecule has 0 aromatic carbocycles. The number of ether oxygens (including phenoxy) is 3. The minimum Gasteiger partial charge on any atom is -0.462 e. The van der Waals surface area contributed by atoms with Crippen molar-refractivity contribution in [1.29, 1.82) is 0 Å². The average Bonchev–Trinajstić information content (AvgIpc) is 3.28. The van der Waals surface area contributed by atoms with Gasteiger partial charge in [0.1, 0.15) is 13.2 Å². The Morgan fingerprint density at radius 1 is 0.317 bits per heavy atom. The molecule has 0 saturated heterocycles. The van der Waals surface area contributed by atoms with Crippen LogP contribution in [0, 0.1) is 0 Å². The number of allylic oxidation sites excluding steroid dienone is 6. The minimum absolute atomic E-state index is 0.0731. The van der Waals surface area contributed by atoms with Crippen LogP contribution in [0.5, 0.6) is 0 Å². The van der Waals surface area contributed by atoms with Crippen LogP contribution >= 0.6 is 0 Å².